The Labute approximate surface area is 129 Å². The zero-order valence-electron chi connectivity index (χ0n) is 13.1. The minimum absolute atomic E-state index is 0.0189. The Kier molecular flexibility index (Phi) is 5.55. The molecule has 0 aliphatic rings. The topological polar surface area (TPSA) is 76.4 Å². The molecule has 1 aromatic carbocycles. The molecule has 1 heterocycles. The van der Waals surface area contributed by atoms with E-state index in [-0.39, 0.29) is 11.9 Å². The lowest BCUT2D eigenvalue weighted by atomic mass is 10.2. The molecule has 2 rings (SSSR count). The van der Waals surface area contributed by atoms with E-state index < -0.39 is 0 Å². The fourth-order valence-electron chi connectivity index (χ4n) is 1.98. The van der Waals surface area contributed by atoms with Gasteiger partial charge in [0.25, 0.3) is 0 Å². The van der Waals surface area contributed by atoms with E-state index in [4.69, 9.17) is 9.15 Å². The summed E-state index contributed by atoms with van der Waals surface area (Å²) in [5.41, 5.74) is 0.751. The molecule has 0 fully saturated rings. The molecule has 2 aromatic rings. The van der Waals surface area contributed by atoms with Gasteiger partial charge in [0.05, 0.1) is 19.9 Å². The maximum absolute atomic E-state index is 12.0. The second kappa shape index (κ2) is 7.61. The molecule has 1 amide bonds. The van der Waals surface area contributed by atoms with Gasteiger partial charge in [-0.2, -0.15) is 0 Å². The van der Waals surface area contributed by atoms with Crippen LogP contribution < -0.4 is 15.4 Å². The van der Waals surface area contributed by atoms with Crippen LogP contribution in [-0.2, 0) is 11.3 Å². The first kappa shape index (κ1) is 16.0. The zero-order valence-corrected chi connectivity index (χ0v) is 13.1. The maximum Gasteiger partial charge on any atom is 0.225 e. The van der Waals surface area contributed by atoms with E-state index in [1.807, 2.05) is 38.1 Å². The molecule has 1 atom stereocenters. The first-order valence-corrected chi connectivity index (χ1v) is 7.15. The second-order valence-corrected chi connectivity index (χ2v) is 5.13. The quantitative estimate of drug-likeness (QED) is 0.822. The van der Waals surface area contributed by atoms with Crippen molar-refractivity contribution in [2.75, 3.05) is 12.4 Å². The average molecular weight is 303 g/mol. The summed E-state index contributed by atoms with van der Waals surface area (Å²) in [5.74, 6) is 2.12. The molecule has 118 valence electrons. The molecule has 6 heteroatoms. The number of nitrogens with zero attached hydrogens (tertiary/aromatic N) is 1. The normalized spacial score (nSPS) is 12.0. The van der Waals surface area contributed by atoms with Gasteiger partial charge < -0.3 is 19.8 Å². The smallest absolute Gasteiger partial charge is 0.225 e. The molecule has 0 radical (unpaired) electrons. The van der Waals surface area contributed by atoms with Gasteiger partial charge in [-0.25, -0.2) is 4.98 Å². The summed E-state index contributed by atoms with van der Waals surface area (Å²) in [6.07, 6.45) is 2.05. The largest absolute Gasteiger partial charge is 0.497 e. The van der Waals surface area contributed by atoms with Crippen molar-refractivity contribution in [3.8, 4) is 5.75 Å². The standard InChI is InChI=1S/C16H21N3O3/c1-11(17-10-16-18-9-12(2)22-16)8-15(20)19-13-4-6-14(21-3)7-5-13/h4-7,9,11,17H,8,10H2,1-3H3,(H,19,20)/t11-/m0/s1. The minimum atomic E-state index is -0.0475. The van der Waals surface area contributed by atoms with E-state index in [1.54, 1.807) is 13.3 Å². The lowest BCUT2D eigenvalue weighted by Gasteiger charge is -2.12. The van der Waals surface area contributed by atoms with Gasteiger partial charge in [0.1, 0.15) is 11.5 Å². The number of anilines is 1. The molecular formula is C16H21N3O3. The molecular weight excluding hydrogens is 282 g/mol. The van der Waals surface area contributed by atoms with Crippen LogP contribution in [0.1, 0.15) is 25.0 Å². The van der Waals surface area contributed by atoms with Crippen LogP contribution in [0.3, 0.4) is 0 Å². The molecule has 22 heavy (non-hydrogen) atoms. The van der Waals surface area contributed by atoms with Gasteiger partial charge in [0, 0.05) is 18.2 Å². The molecule has 0 aliphatic heterocycles. The minimum Gasteiger partial charge on any atom is -0.497 e. The Balaban J connectivity index is 1.75. The SMILES string of the molecule is COc1ccc(NC(=O)C[C@H](C)NCc2ncc(C)o2)cc1. The number of nitrogens with one attached hydrogen (secondary N) is 2. The van der Waals surface area contributed by atoms with Gasteiger partial charge in [0.15, 0.2) is 0 Å². The predicted molar refractivity (Wildman–Crippen MR) is 83.8 cm³/mol. The molecule has 0 unspecified atom stereocenters. The summed E-state index contributed by atoms with van der Waals surface area (Å²) in [4.78, 5) is 16.1. The third kappa shape index (κ3) is 4.89. The van der Waals surface area contributed by atoms with E-state index in [9.17, 15) is 4.79 Å². The number of amides is 1. The Bertz CT molecular complexity index is 607. The number of rotatable bonds is 7. The highest BCUT2D eigenvalue weighted by Crippen LogP contribution is 2.15. The highest BCUT2D eigenvalue weighted by atomic mass is 16.5. The van der Waals surface area contributed by atoms with Crippen molar-refractivity contribution in [2.24, 2.45) is 0 Å². The summed E-state index contributed by atoms with van der Waals surface area (Å²) in [7, 11) is 1.61. The summed E-state index contributed by atoms with van der Waals surface area (Å²) >= 11 is 0. The Morgan fingerprint density at radius 3 is 2.68 bits per heavy atom. The van der Waals surface area contributed by atoms with Crippen molar-refractivity contribution in [3.05, 3.63) is 42.1 Å². The summed E-state index contributed by atoms with van der Waals surface area (Å²) in [5, 5.41) is 6.06. The van der Waals surface area contributed by atoms with Crippen LogP contribution in [0.15, 0.2) is 34.9 Å². The number of hydrogen-bond donors (Lipinski definition) is 2. The molecule has 6 nitrogen and oxygen atoms in total. The van der Waals surface area contributed by atoms with E-state index in [0.717, 1.165) is 17.2 Å². The number of carbonyl (C=O) groups is 1. The average Bonchev–Trinajstić information content (AvgIpc) is 2.91. The number of aromatic nitrogens is 1. The fourth-order valence-corrected chi connectivity index (χ4v) is 1.98. The highest BCUT2D eigenvalue weighted by Gasteiger charge is 2.10. The third-order valence-electron chi connectivity index (χ3n) is 3.14. The third-order valence-corrected chi connectivity index (χ3v) is 3.14. The van der Waals surface area contributed by atoms with Gasteiger partial charge in [-0.15, -0.1) is 0 Å². The van der Waals surface area contributed by atoms with E-state index in [2.05, 4.69) is 15.6 Å². The summed E-state index contributed by atoms with van der Waals surface area (Å²) in [6, 6.07) is 7.25. The first-order valence-electron chi connectivity index (χ1n) is 7.15. The van der Waals surface area contributed by atoms with Crippen molar-refractivity contribution < 1.29 is 13.9 Å². The summed E-state index contributed by atoms with van der Waals surface area (Å²) < 4.78 is 10.4. The molecule has 0 bridgehead atoms. The van der Waals surface area contributed by atoms with E-state index >= 15 is 0 Å². The number of methoxy groups -OCH3 is 1. The van der Waals surface area contributed by atoms with E-state index in [1.165, 1.54) is 0 Å². The number of hydrogen-bond acceptors (Lipinski definition) is 5. The van der Waals surface area contributed by atoms with Gasteiger partial charge in [-0.05, 0) is 38.1 Å². The Morgan fingerprint density at radius 2 is 2.09 bits per heavy atom. The number of benzene rings is 1. The van der Waals surface area contributed by atoms with Gasteiger partial charge >= 0.3 is 0 Å². The second-order valence-electron chi connectivity index (χ2n) is 5.13. The van der Waals surface area contributed by atoms with Gasteiger partial charge in [-0.1, -0.05) is 0 Å². The van der Waals surface area contributed by atoms with Gasteiger partial charge in [0.2, 0.25) is 11.8 Å². The number of oxazole rings is 1. The highest BCUT2D eigenvalue weighted by molar-refractivity contribution is 5.91. The van der Waals surface area contributed by atoms with Crippen molar-refractivity contribution in [1.82, 2.24) is 10.3 Å². The Hall–Kier alpha value is -2.34. The lowest BCUT2D eigenvalue weighted by molar-refractivity contribution is -0.116. The van der Waals surface area contributed by atoms with Crippen LogP contribution in [0.2, 0.25) is 0 Å². The molecule has 0 aliphatic carbocycles. The van der Waals surface area contributed by atoms with Crippen molar-refractivity contribution in [1.29, 1.82) is 0 Å². The monoisotopic (exact) mass is 303 g/mol. The Morgan fingerprint density at radius 1 is 1.36 bits per heavy atom. The molecule has 2 N–H and O–H groups in total. The zero-order chi connectivity index (χ0) is 15.9. The van der Waals surface area contributed by atoms with E-state index in [0.29, 0.717) is 18.9 Å². The summed E-state index contributed by atoms with van der Waals surface area (Å²) in [6.45, 7) is 4.30. The van der Waals surface area contributed by atoms with Crippen LogP contribution in [0, 0.1) is 6.92 Å². The van der Waals surface area contributed by atoms with Crippen molar-refractivity contribution in [3.63, 3.8) is 0 Å². The van der Waals surface area contributed by atoms with Crippen LogP contribution in [0.5, 0.6) is 5.75 Å². The maximum atomic E-state index is 12.0. The van der Waals surface area contributed by atoms with Crippen LogP contribution in [-0.4, -0.2) is 24.0 Å². The molecule has 0 saturated carbocycles. The number of ether oxygens (including phenoxy) is 1. The number of carbonyl (C=O) groups excluding carboxylic acids is 1. The van der Waals surface area contributed by atoms with Gasteiger partial charge in [-0.3, -0.25) is 4.79 Å². The molecule has 1 aromatic heterocycles. The number of aryl methyl sites for hydroxylation is 1. The lowest BCUT2D eigenvalue weighted by Crippen LogP contribution is -2.30. The van der Waals surface area contributed by atoms with Crippen LogP contribution in [0.25, 0.3) is 0 Å². The molecule has 0 saturated heterocycles. The van der Waals surface area contributed by atoms with Crippen molar-refractivity contribution in [2.45, 2.75) is 32.9 Å². The fraction of sp³-hybridized carbons (Fsp3) is 0.375. The predicted octanol–water partition coefficient (Wildman–Crippen LogP) is 2.50. The first-order chi connectivity index (χ1) is 10.6. The van der Waals surface area contributed by atoms with Crippen LogP contribution >= 0.6 is 0 Å². The molecule has 0 spiro atoms. The van der Waals surface area contributed by atoms with Crippen LogP contribution in [0.4, 0.5) is 5.69 Å². The van der Waals surface area contributed by atoms with Crippen molar-refractivity contribution >= 4 is 11.6 Å².